The predicted molar refractivity (Wildman–Crippen MR) is 48.1 cm³/mol. The van der Waals surface area contributed by atoms with E-state index in [0.29, 0.717) is 5.70 Å². The summed E-state index contributed by atoms with van der Waals surface area (Å²) in [6.07, 6.45) is 3.26. The highest BCUT2D eigenvalue weighted by Gasteiger charge is 2.26. The second-order valence-electron chi connectivity index (χ2n) is 3.16. The molecule has 0 aliphatic carbocycles. The van der Waals surface area contributed by atoms with Gasteiger partial charge in [-0.1, -0.05) is 0 Å². The lowest BCUT2D eigenvalue weighted by Gasteiger charge is -2.39. The third-order valence-corrected chi connectivity index (χ3v) is 2.57. The number of rotatable bonds is 1. The summed E-state index contributed by atoms with van der Waals surface area (Å²) in [6, 6.07) is 0. The summed E-state index contributed by atoms with van der Waals surface area (Å²) in [5.41, 5.74) is 1.26. The third-order valence-electron chi connectivity index (χ3n) is 2.57. The van der Waals surface area contributed by atoms with Gasteiger partial charge < -0.3 is 15.0 Å². The highest BCUT2D eigenvalue weighted by atomic mass is 16.5. The average Bonchev–Trinajstić information content (AvgIpc) is 2.09. The van der Waals surface area contributed by atoms with Gasteiger partial charge in [0.05, 0.1) is 0 Å². The van der Waals surface area contributed by atoms with E-state index < -0.39 is 5.60 Å². The van der Waals surface area contributed by atoms with Gasteiger partial charge in [0, 0.05) is 12.8 Å². The molecule has 1 aliphatic rings. The van der Waals surface area contributed by atoms with Crippen molar-refractivity contribution in [1.82, 2.24) is 5.06 Å². The van der Waals surface area contributed by atoms with Crippen LogP contribution in [0.4, 0.5) is 0 Å². The first kappa shape index (κ1) is 9.29. The van der Waals surface area contributed by atoms with Crippen molar-refractivity contribution in [2.75, 3.05) is 7.11 Å². The van der Waals surface area contributed by atoms with Crippen LogP contribution in [0.25, 0.3) is 0 Å². The molecule has 68 valence electrons. The van der Waals surface area contributed by atoms with Gasteiger partial charge in [0.2, 0.25) is 0 Å². The van der Waals surface area contributed by atoms with E-state index in [-0.39, 0.29) is 0 Å². The summed E-state index contributed by atoms with van der Waals surface area (Å²) in [6.45, 7) is 5.64. The summed E-state index contributed by atoms with van der Waals surface area (Å²) in [5.74, 6) is 0. The maximum absolute atomic E-state index is 11.1. The van der Waals surface area contributed by atoms with Crippen LogP contribution in [-0.2, 0) is 4.74 Å². The number of ether oxygens (including phenoxy) is 1. The molecule has 0 aromatic heterocycles. The Bertz CT molecular complexity index is 245. The zero-order chi connectivity index (χ0) is 9.35. The number of allylic oxidation sites excluding steroid dienone is 1. The maximum Gasteiger partial charge on any atom is 0.107 e. The van der Waals surface area contributed by atoms with Crippen molar-refractivity contribution in [2.45, 2.75) is 26.4 Å². The molecule has 1 heterocycles. The van der Waals surface area contributed by atoms with E-state index in [1.165, 1.54) is 6.20 Å². The van der Waals surface area contributed by atoms with Crippen molar-refractivity contribution in [1.29, 1.82) is 0 Å². The molecular weight excluding hydrogens is 154 g/mol. The second kappa shape index (κ2) is 2.92. The average molecular weight is 168 g/mol. The van der Waals surface area contributed by atoms with Crippen molar-refractivity contribution < 1.29 is 4.74 Å². The summed E-state index contributed by atoms with van der Waals surface area (Å²) in [7, 11) is 1.64. The number of hydrogen-bond donors (Lipinski definition) is 0. The van der Waals surface area contributed by atoms with Crippen LogP contribution in [0.5, 0.6) is 0 Å². The zero-order valence-electron chi connectivity index (χ0n) is 7.92. The third kappa shape index (κ3) is 1.26. The van der Waals surface area contributed by atoms with E-state index in [1.807, 2.05) is 13.8 Å². The Morgan fingerprint density at radius 3 is 2.58 bits per heavy atom. The minimum absolute atomic E-state index is 0.412. The molecule has 0 saturated heterocycles. The van der Waals surface area contributed by atoms with Crippen LogP contribution in [-0.4, -0.2) is 17.8 Å². The Labute approximate surface area is 72.9 Å². The Kier molecular flexibility index (Phi) is 2.26. The number of methoxy groups -OCH3 is 1. The summed E-state index contributed by atoms with van der Waals surface area (Å²) < 4.78 is 5.30. The number of nitrogens with zero attached hydrogens (tertiary/aromatic N) is 1. The van der Waals surface area contributed by atoms with Gasteiger partial charge in [-0.3, -0.25) is 0 Å². The summed E-state index contributed by atoms with van der Waals surface area (Å²) >= 11 is 0. The fourth-order valence-electron chi connectivity index (χ4n) is 1.19. The summed E-state index contributed by atoms with van der Waals surface area (Å²) in [4.78, 5) is 0. The van der Waals surface area contributed by atoms with Gasteiger partial charge in [0.15, 0.2) is 0 Å². The quantitative estimate of drug-likeness (QED) is 0.600. The first-order valence-electron chi connectivity index (χ1n) is 3.90. The van der Waals surface area contributed by atoms with Gasteiger partial charge in [-0.2, -0.15) is 0 Å². The van der Waals surface area contributed by atoms with Crippen molar-refractivity contribution in [3.05, 3.63) is 28.8 Å². The molecule has 3 heteroatoms. The molecule has 0 fully saturated rings. The van der Waals surface area contributed by atoms with E-state index in [0.717, 1.165) is 10.6 Å². The Hall–Kier alpha value is -0.800. The van der Waals surface area contributed by atoms with Crippen LogP contribution in [0.2, 0.25) is 0 Å². The normalized spacial score (nSPS) is 29.9. The van der Waals surface area contributed by atoms with E-state index in [2.05, 4.69) is 0 Å². The predicted octanol–water partition coefficient (Wildman–Crippen LogP) is 2.01. The molecule has 3 nitrogen and oxygen atoms in total. The zero-order valence-corrected chi connectivity index (χ0v) is 7.92. The Balaban J connectivity index is 3.04. The fourth-order valence-corrected chi connectivity index (χ4v) is 1.19. The van der Waals surface area contributed by atoms with Crippen LogP contribution in [0.1, 0.15) is 20.8 Å². The molecule has 1 atom stereocenters. The van der Waals surface area contributed by atoms with E-state index in [4.69, 9.17) is 4.74 Å². The molecule has 0 bridgehead atoms. The molecule has 0 radical (unpaired) electrons. The largest absolute Gasteiger partial charge is 0.754 e. The van der Waals surface area contributed by atoms with Crippen LogP contribution in [0.3, 0.4) is 0 Å². The SMILES string of the molecule is COC1(C)C=CN([O-])C(C)=C1C. The Morgan fingerprint density at radius 1 is 1.50 bits per heavy atom. The van der Waals surface area contributed by atoms with Gasteiger partial charge in [0.25, 0.3) is 0 Å². The Morgan fingerprint density at radius 2 is 2.08 bits per heavy atom. The maximum atomic E-state index is 11.1. The standard InChI is InChI=1S/C9H14NO2/c1-7-8(2)10(11)6-5-9(7,3)12-4/h5-6H,1-4H3/q-1. The molecule has 1 aliphatic heterocycles. The topological polar surface area (TPSA) is 35.5 Å². The molecule has 0 amide bonds. The highest BCUT2D eigenvalue weighted by molar-refractivity contribution is 5.31. The lowest BCUT2D eigenvalue weighted by molar-refractivity contribution is 0.0746. The molecule has 1 rings (SSSR count). The van der Waals surface area contributed by atoms with Crippen molar-refractivity contribution in [3.8, 4) is 0 Å². The minimum Gasteiger partial charge on any atom is -0.754 e. The lowest BCUT2D eigenvalue weighted by Crippen LogP contribution is -2.32. The minimum atomic E-state index is -0.412. The van der Waals surface area contributed by atoms with Gasteiger partial charge >= 0.3 is 0 Å². The monoisotopic (exact) mass is 168 g/mol. The molecule has 0 aromatic carbocycles. The molecule has 0 saturated carbocycles. The molecule has 0 N–H and O–H groups in total. The molecule has 0 aromatic rings. The number of hydrogen-bond acceptors (Lipinski definition) is 3. The van der Waals surface area contributed by atoms with Gasteiger partial charge in [-0.05, 0) is 38.6 Å². The summed E-state index contributed by atoms with van der Waals surface area (Å²) in [5, 5.41) is 12.0. The van der Waals surface area contributed by atoms with E-state index in [9.17, 15) is 5.21 Å². The first-order chi connectivity index (χ1) is 5.51. The lowest BCUT2D eigenvalue weighted by atomic mass is 9.93. The van der Waals surface area contributed by atoms with Crippen molar-refractivity contribution >= 4 is 0 Å². The first-order valence-corrected chi connectivity index (χ1v) is 3.90. The fraction of sp³-hybridized carbons (Fsp3) is 0.556. The van der Waals surface area contributed by atoms with Gasteiger partial charge in [0.1, 0.15) is 5.60 Å². The molecule has 0 spiro atoms. The molecule has 12 heavy (non-hydrogen) atoms. The van der Waals surface area contributed by atoms with E-state index >= 15 is 0 Å². The van der Waals surface area contributed by atoms with E-state index in [1.54, 1.807) is 20.1 Å². The second-order valence-corrected chi connectivity index (χ2v) is 3.16. The highest BCUT2D eigenvalue weighted by Crippen LogP contribution is 2.30. The molecule has 1 unspecified atom stereocenters. The van der Waals surface area contributed by atoms with Crippen LogP contribution >= 0.6 is 0 Å². The van der Waals surface area contributed by atoms with Crippen molar-refractivity contribution in [2.24, 2.45) is 0 Å². The van der Waals surface area contributed by atoms with Crippen LogP contribution in [0.15, 0.2) is 23.5 Å². The number of hydroxylamine groups is 2. The van der Waals surface area contributed by atoms with Gasteiger partial charge in [-0.25, -0.2) is 0 Å². The van der Waals surface area contributed by atoms with Gasteiger partial charge in [-0.15, -0.1) is 0 Å². The van der Waals surface area contributed by atoms with Crippen molar-refractivity contribution in [3.63, 3.8) is 0 Å². The molecular formula is C9H14NO2-. The van der Waals surface area contributed by atoms with Crippen LogP contribution < -0.4 is 0 Å². The smallest absolute Gasteiger partial charge is 0.107 e. The van der Waals surface area contributed by atoms with Crippen LogP contribution in [0, 0.1) is 5.21 Å².